The molecule has 1 saturated carbocycles. The molecule has 32 heavy (non-hydrogen) atoms. The number of carbonyl (C=O) groups excluding carboxylic acids is 2. The Kier molecular flexibility index (Phi) is 4.96. The van der Waals surface area contributed by atoms with E-state index in [-0.39, 0.29) is 28.8 Å². The number of nitrogens with zero attached hydrogens (tertiary/aromatic N) is 4. The van der Waals surface area contributed by atoms with E-state index in [1.165, 1.54) is 0 Å². The van der Waals surface area contributed by atoms with Crippen LogP contribution in [0.1, 0.15) is 45.7 Å². The number of pyridine rings is 1. The molecular formula is C23H29ClN6O2. The molecule has 1 saturated heterocycles. The summed E-state index contributed by atoms with van der Waals surface area (Å²) < 4.78 is 2.03. The van der Waals surface area contributed by atoms with Crippen LogP contribution in [0.25, 0.3) is 11.1 Å². The molecule has 4 heterocycles. The molecule has 2 atom stereocenters. The van der Waals surface area contributed by atoms with E-state index in [0.717, 1.165) is 62.1 Å². The molecule has 3 aliphatic rings. The number of hydrogen-bond acceptors (Lipinski definition) is 4. The number of likely N-dealkylation sites (tertiary alicyclic amines) is 1. The Morgan fingerprint density at radius 3 is 2.81 bits per heavy atom. The van der Waals surface area contributed by atoms with Gasteiger partial charge < -0.3 is 10.2 Å². The van der Waals surface area contributed by atoms with Crippen molar-refractivity contribution in [1.29, 1.82) is 0 Å². The number of urea groups is 1. The smallest absolute Gasteiger partial charge is 0.320 e. The van der Waals surface area contributed by atoms with Crippen molar-refractivity contribution >= 4 is 29.4 Å². The highest BCUT2D eigenvalue weighted by Gasteiger charge is 2.56. The molecule has 0 unspecified atom stereocenters. The average molecular weight is 457 g/mol. The summed E-state index contributed by atoms with van der Waals surface area (Å²) >= 11 is 6.47. The fourth-order valence-electron chi connectivity index (χ4n) is 5.33. The van der Waals surface area contributed by atoms with Crippen LogP contribution in [0.4, 0.5) is 10.6 Å². The lowest BCUT2D eigenvalue weighted by atomic mass is 9.89. The number of nitrogens with one attached hydrogen (secondary N) is 2. The van der Waals surface area contributed by atoms with Gasteiger partial charge in [-0.25, -0.2) is 9.78 Å². The van der Waals surface area contributed by atoms with E-state index in [1.807, 2.05) is 21.8 Å². The Balaban J connectivity index is 1.27. The van der Waals surface area contributed by atoms with Gasteiger partial charge in [-0.2, -0.15) is 5.10 Å². The molecule has 2 fully saturated rings. The quantitative estimate of drug-likeness (QED) is 0.736. The zero-order valence-corrected chi connectivity index (χ0v) is 19.5. The largest absolute Gasteiger partial charge is 0.342 e. The van der Waals surface area contributed by atoms with Gasteiger partial charge in [0.25, 0.3) is 0 Å². The maximum absolute atomic E-state index is 12.7. The van der Waals surface area contributed by atoms with E-state index in [4.69, 9.17) is 11.6 Å². The highest BCUT2D eigenvalue weighted by atomic mass is 35.5. The Labute approximate surface area is 192 Å². The molecule has 9 heteroatoms. The zero-order chi connectivity index (χ0) is 22.7. The minimum absolute atomic E-state index is 0.0192. The summed E-state index contributed by atoms with van der Waals surface area (Å²) in [5, 5.41) is 11.0. The highest BCUT2D eigenvalue weighted by Crippen LogP contribution is 2.52. The minimum Gasteiger partial charge on any atom is -0.342 e. The van der Waals surface area contributed by atoms with E-state index >= 15 is 0 Å². The van der Waals surface area contributed by atoms with Gasteiger partial charge in [-0.05, 0) is 37.2 Å². The zero-order valence-electron chi connectivity index (χ0n) is 18.7. The fraction of sp³-hybridized carbons (Fsp3) is 0.565. The number of anilines is 1. The highest BCUT2D eigenvalue weighted by molar-refractivity contribution is 6.33. The van der Waals surface area contributed by atoms with Crippen LogP contribution >= 0.6 is 11.6 Å². The number of fused-ring (bicyclic) bond motifs is 1. The van der Waals surface area contributed by atoms with Crippen LogP contribution in [0, 0.1) is 10.8 Å². The molecule has 8 nitrogen and oxygen atoms in total. The number of hydrogen-bond donors (Lipinski definition) is 2. The lowest BCUT2D eigenvalue weighted by Gasteiger charge is -2.33. The standard InChI is InChI=1S/C23H29ClN6O2/c1-14(31)29-6-4-5-23(13-29)9-19(23)27-21(32)28-20-7-15(17(24)11-25-20)16-10-26-30-12-22(2,3)8-18(16)30/h7,10-11,19H,4-6,8-9,12-13H2,1-3H3,(H2,25,27,28,32)/t19-,23-/m1/s1. The summed E-state index contributed by atoms with van der Waals surface area (Å²) in [6.07, 6.45) is 7.25. The number of amides is 3. The van der Waals surface area contributed by atoms with Gasteiger partial charge in [0.1, 0.15) is 5.82 Å². The molecule has 0 radical (unpaired) electrons. The third-order valence-corrected chi connectivity index (χ3v) is 7.41. The van der Waals surface area contributed by atoms with Gasteiger partial charge in [-0.3, -0.25) is 14.8 Å². The monoisotopic (exact) mass is 456 g/mol. The predicted octanol–water partition coefficient (Wildman–Crippen LogP) is 3.70. The van der Waals surface area contributed by atoms with Crippen molar-refractivity contribution in [2.24, 2.45) is 10.8 Å². The third-order valence-electron chi connectivity index (χ3n) is 7.11. The Morgan fingerprint density at radius 2 is 2.03 bits per heavy atom. The summed E-state index contributed by atoms with van der Waals surface area (Å²) in [6, 6.07) is 1.61. The van der Waals surface area contributed by atoms with Gasteiger partial charge in [0.05, 0.1) is 11.2 Å². The molecule has 2 aromatic rings. The summed E-state index contributed by atoms with van der Waals surface area (Å²) in [6.45, 7) is 8.47. The molecule has 0 aromatic carbocycles. The van der Waals surface area contributed by atoms with Gasteiger partial charge in [0, 0.05) is 61.0 Å². The number of piperidine rings is 1. The van der Waals surface area contributed by atoms with E-state index in [9.17, 15) is 9.59 Å². The van der Waals surface area contributed by atoms with E-state index in [2.05, 4.69) is 34.6 Å². The summed E-state index contributed by atoms with van der Waals surface area (Å²) in [7, 11) is 0. The lowest BCUT2D eigenvalue weighted by molar-refractivity contribution is -0.131. The molecule has 1 spiro atoms. The molecule has 1 aliphatic carbocycles. The van der Waals surface area contributed by atoms with Gasteiger partial charge in [-0.15, -0.1) is 0 Å². The Morgan fingerprint density at radius 1 is 1.22 bits per heavy atom. The van der Waals surface area contributed by atoms with Crippen molar-refractivity contribution in [3.05, 3.63) is 29.2 Å². The number of aromatic nitrogens is 3. The SMILES string of the molecule is CC(=O)N1CCC[C@@]2(C[C@H]2NC(=O)Nc2cc(-c3cnn4c3CC(C)(C)C4)c(Cl)cn2)C1. The van der Waals surface area contributed by atoms with Crippen molar-refractivity contribution in [3.8, 4) is 11.1 Å². The maximum atomic E-state index is 12.7. The summed E-state index contributed by atoms with van der Waals surface area (Å²) in [4.78, 5) is 30.6. The molecule has 0 bridgehead atoms. The van der Waals surface area contributed by atoms with Crippen LogP contribution in [0.5, 0.6) is 0 Å². The normalized spacial score (nSPS) is 25.5. The molecule has 2 N–H and O–H groups in total. The third kappa shape index (κ3) is 3.85. The first-order valence-corrected chi connectivity index (χ1v) is 11.6. The number of carbonyl (C=O) groups is 2. The van der Waals surface area contributed by atoms with E-state index in [0.29, 0.717) is 10.8 Å². The van der Waals surface area contributed by atoms with Gasteiger partial charge in [-0.1, -0.05) is 25.4 Å². The van der Waals surface area contributed by atoms with Crippen LogP contribution < -0.4 is 10.6 Å². The molecule has 2 aliphatic heterocycles. The number of rotatable bonds is 3. The van der Waals surface area contributed by atoms with E-state index in [1.54, 1.807) is 13.1 Å². The first kappa shape index (κ1) is 21.2. The lowest BCUT2D eigenvalue weighted by Crippen LogP contribution is -2.43. The molecule has 3 amide bonds. The van der Waals surface area contributed by atoms with Crippen molar-refractivity contribution in [2.75, 3.05) is 18.4 Å². The second-order valence-corrected chi connectivity index (χ2v) is 10.7. The molecule has 2 aromatic heterocycles. The van der Waals surface area contributed by atoms with Crippen molar-refractivity contribution in [3.63, 3.8) is 0 Å². The number of halogens is 1. The Bertz CT molecular complexity index is 1100. The second-order valence-electron chi connectivity index (χ2n) is 10.3. The summed E-state index contributed by atoms with van der Waals surface area (Å²) in [5.41, 5.74) is 3.15. The van der Waals surface area contributed by atoms with Crippen LogP contribution in [0.2, 0.25) is 5.02 Å². The molecular weight excluding hydrogens is 428 g/mol. The van der Waals surface area contributed by atoms with E-state index < -0.39 is 0 Å². The van der Waals surface area contributed by atoms with Crippen molar-refractivity contribution in [2.45, 2.75) is 59.0 Å². The summed E-state index contributed by atoms with van der Waals surface area (Å²) in [5.74, 6) is 0.551. The van der Waals surface area contributed by atoms with Crippen LogP contribution in [-0.4, -0.2) is 50.7 Å². The average Bonchev–Trinajstić information content (AvgIpc) is 3.04. The van der Waals surface area contributed by atoms with Gasteiger partial charge in [0.2, 0.25) is 5.91 Å². The van der Waals surface area contributed by atoms with Crippen molar-refractivity contribution < 1.29 is 9.59 Å². The minimum atomic E-state index is -0.283. The van der Waals surface area contributed by atoms with Crippen LogP contribution in [0.15, 0.2) is 18.5 Å². The molecule has 5 rings (SSSR count). The molecule has 170 valence electrons. The van der Waals surface area contributed by atoms with Gasteiger partial charge >= 0.3 is 6.03 Å². The van der Waals surface area contributed by atoms with Crippen molar-refractivity contribution in [1.82, 2.24) is 25.0 Å². The first-order valence-electron chi connectivity index (χ1n) is 11.2. The first-order chi connectivity index (χ1) is 15.2. The fourth-order valence-corrected chi connectivity index (χ4v) is 5.53. The predicted molar refractivity (Wildman–Crippen MR) is 122 cm³/mol. The van der Waals surface area contributed by atoms with Crippen LogP contribution in [0.3, 0.4) is 0 Å². The van der Waals surface area contributed by atoms with Gasteiger partial charge in [0.15, 0.2) is 0 Å². The topological polar surface area (TPSA) is 92.2 Å². The maximum Gasteiger partial charge on any atom is 0.320 e. The Hall–Kier alpha value is -2.61. The second kappa shape index (κ2) is 7.47. The van der Waals surface area contributed by atoms with Crippen LogP contribution in [-0.2, 0) is 17.8 Å².